The summed E-state index contributed by atoms with van der Waals surface area (Å²) in [5, 5.41) is 0. The molecule has 2 atom stereocenters. The molecule has 1 rings (SSSR count). The Hall–Kier alpha value is 0.0569. The van der Waals surface area contributed by atoms with Gasteiger partial charge >= 0.3 is 9.53 Å². The molecule has 1 aliphatic rings. The van der Waals surface area contributed by atoms with Gasteiger partial charge in [-0.3, -0.25) is 4.53 Å². The topological polar surface area (TPSA) is 39.7 Å². The van der Waals surface area contributed by atoms with Gasteiger partial charge in [0.1, 0.15) is 0 Å². The predicted octanol–water partition coefficient (Wildman–Crippen LogP) is 0.318. The van der Waals surface area contributed by atoms with E-state index >= 15 is 0 Å². The minimum Gasteiger partial charge on any atom is -0.375 e. The molecule has 1 fully saturated rings. The minimum atomic E-state index is -1.84. The van der Waals surface area contributed by atoms with Crippen molar-refractivity contribution in [1.82, 2.24) is 5.48 Å². The van der Waals surface area contributed by atoms with Crippen molar-refractivity contribution in [3.8, 4) is 0 Å². The van der Waals surface area contributed by atoms with Gasteiger partial charge in [-0.1, -0.05) is 6.92 Å². The van der Waals surface area contributed by atoms with Crippen molar-refractivity contribution >= 4 is 9.53 Å². The summed E-state index contributed by atoms with van der Waals surface area (Å²) >= 11 is 0. The quantitative estimate of drug-likeness (QED) is 0.638. The monoisotopic (exact) mass is 191 g/mol. The maximum absolute atomic E-state index is 5.43. The van der Waals surface area contributed by atoms with Gasteiger partial charge in [-0.15, -0.1) is 0 Å². The first-order chi connectivity index (χ1) is 5.83. The van der Waals surface area contributed by atoms with Gasteiger partial charge in [0, 0.05) is 19.8 Å². The van der Waals surface area contributed by atoms with E-state index in [-0.39, 0.29) is 0 Å². The summed E-state index contributed by atoms with van der Waals surface area (Å²) in [5.41, 5.74) is 2.88. The van der Waals surface area contributed by atoms with Gasteiger partial charge in [0.15, 0.2) is 0 Å². The molecule has 0 aromatic heterocycles. The highest BCUT2D eigenvalue weighted by Crippen LogP contribution is 2.04. The van der Waals surface area contributed by atoms with Gasteiger partial charge in [-0.25, -0.2) is 5.48 Å². The molecule has 5 heteroatoms. The number of hydroxylamine groups is 1. The zero-order valence-electron chi connectivity index (χ0n) is 7.71. The van der Waals surface area contributed by atoms with E-state index in [1.807, 2.05) is 6.92 Å². The van der Waals surface area contributed by atoms with Gasteiger partial charge in [-0.05, 0) is 19.3 Å². The third kappa shape index (κ3) is 3.64. The Labute approximate surface area is 75.1 Å². The van der Waals surface area contributed by atoms with Crippen LogP contribution < -0.4 is 5.48 Å². The van der Waals surface area contributed by atoms with E-state index in [0.717, 1.165) is 19.6 Å². The molecule has 12 heavy (non-hydrogen) atoms. The fourth-order valence-electron chi connectivity index (χ4n) is 0.978. The second kappa shape index (κ2) is 5.66. The van der Waals surface area contributed by atoms with Crippen molar-refractivity contribution in [2.45, 2.75) is 20.3 Å². The Morgan fingerprint density at radius 3 is 3.25 bits per heavy atom. The van der Waals surface area contributed by atoms with Crippen LogP contribution in [0.1, 0.15) is 20.3 Å². The third-order valence-electron chi connectivity index (χ3n) is 1.78. The fraction of sp³-hybridized carbons (Fsp3) is 1.00. The summed E-state index contributed by atoms with van der Waals surface area (Å²) in [5.74, 6) is 0.613. The molecule has 72 valence electrons. The normalized spacial score (nSPS) is 32.5. The molecule has 1 saturated heterocycles. The zero-order chi connectivity index (χ0) is 8.81. The van der Waals surface area contributed by atoms with Crippen LogP contribution >= 0.6 is 0 Å². The van der Waals surface area contributed by atoms with E-state index in [1.54, 1.807) is 0 Å². The summed E-state index contributed by atoms with van der Waals surface area (Å²) < 4.78 is 15.9. The van der Waals surface area contributed by atoms with Crippen LogP contribution in [0.5, 0.6) is 0 Å². The Morgan fingerprint density at radius 2 is 2.50 bits per heavy atom. The molecule has 0 aromatic carbocycles. The van der Waals surface area contributed by atoms with Gasteiger partial charge in [-0.2, -0.15) is 0 Å². The summed E-state index contributed by atoms with van der Waals surface area (Å²) in [6.07, 6.45) is 1.08. The molecule has 1 N–H and O–H groups in total. The molecular formula is C7H17NO3Si. The molecule has 0 bridgehead atoms. The van der Waals surface area contributed by atoms with Gasteiger partial charge in [0.05, 0.1) is 0 Å². The first kappa shape index (κ1) is 10.1. The summed E-state index contributed by atoms with van der Waals surface area (Å²) in [7, 11) is -1.84. The van der Waals surface area contributed by atoms with E-state index in [0.29, 0.717) is 12.5 Å². The maximum Gasteiger partial charge on any atom is 0.501 e. The highest BCUT2D eigenvalue weighted by molar-refractivity contribution is 6.36. The average Bonchev–Trinajstić information content (AvgIpc) is 2.00. The Morgan fingerprint density at radius 1 is 1.67 bits per heavy atom. The molecule has 0 spiro atoms. The Kier molecular flexibility index (Phi) is 4.78. The molecule has 0 radical (unpaired) electrons. The lowest BCUT2D eigenvalue weighted by Gasteiger charge is -2.22. The van der Waals surface area contributed by atoms with E-state index in [9.17, 15) is 0 Å². The van der Waals surface area contributed by atoms with Crippen LogP contribution in [0, 0.1) is 5.92 Å². The summed E-state index contributed by atoms with van der Waals surface area (Å²) in [4.78, 5) is 0. The molecule has 4 nitrogen and oxygen atoms in total. The van der Waals surface area contributed by atoms with Crippen LogP contribution in [0.25, 0.3) is 0 Å². The molecule has 0 saturated carbocycles. The largest absolute Gasteiger partial charge is 0.501 e. The van der Waals surface area contributed by atoms with E-state index in [1.165, 1.54) is 0 Å². The molecule has 1 heterocycles. The molecular weight excluding hydrogens is 174 g/mol. The van der Waals surface area contributed by atoms with Gasteiger partial charge in [0.25, 0.3) is 0 Å². The third-order valence-corrected chi connectivity index (χ3v) is 3.25. The highest BCUT2D eigenvalue weighted by atomic mass is 28.3. The van der Waals surface area contributed by atoms with E-state index in [2.05, 4.69) is 12.4 Å². The number of hydrogen-bond acceptors (Lipinski definition) is 4. The van der Waals surface area contributed by atoms with Crippen LogP contribution in [0.3, 0.4) is 0 Å². The highest BCUT2D eigenvalue weighted by Gasteiger charge is 2.18. The lowest BCUT2D eigenvalue weighted by Crippen LogP contribution is -2.38. The van der Waals surface area contributed by atoms with Crippen LogP contribution in [0.4, 0.5) is 0 Å². The first-order valence-corrected chi connectivity index (χ1v) is 5.86. The second-order valence-electron chi connectivity index (χ2n) is 2.97. The van der Waals surface area contributed by atoms with Crippen molar-refractivity contribution in [1.29, 1.82) is 0 Å². The van der Waals surface area contributed by atoms with Crippen LogP contribution in [0.15, 0.2) is 0 Å². The summed E-state index contributed by atoms with van der Waals surface area (Å²) in [6, 6.07) is 0. The van der Waals surface area contributed by atoms with Crippen molar-refractivity contribution in [2.75, 3.05) is 19.8 Å². The number of nitrogens with one attached hydrogen (secondary N) is 1. The number of hydrogen-bond donors (Lipinski definition) is 1. The lowest BCUT2D eigenvalue weighted by molar-refractivity contribution is 0.0293. The van der Waals surface area contributed by atoms with Crippen LogP contribution in [-0.2, 0) is 13.4 Å². The van der Waals surface area contributed by atoms with E-state index < -0.39 is 9.53 Å². The predicted molar refractivity (Wildman–Crippen MR) is 47.6 cm³/mol. The fourth-order valence-corrected chi connectivity index (χ4v) is 2.04. The molecule has 0 amide bonds. The van der Waals surface area contributed by atoms with Gasteiger partial charge in [0.2, 0.25) is 0 Å². The molecule has 0 aromatic rings. The summed E-state index contributed by atoms with van der Waals surface area (Å²) in [6.45, 7) is 6.43. The maximum atomic E-state index is 5.43. The van der Waals surface area contributed by atoms with Crippen molar-refractivity contribution in [3.63, 3.8) is 0 Å². The number of rotatable bonds is 2. The second-order valence-corrected chi connectivity index (χ2v) is 4.45. The minimum absolute atomic E-state index is 0.613. The molecule has 0 aliphatic carbocycles. The SMILES string of the molecule is CCO[SiH]1OCCC(C)CNO1. The smallest absolute Gasteiger partial charge is 0.375 e. The lowest BCUT2D eigenvalue weighted by atomic mass is 10.1. The molecule has 2 unspecified atom stereocenters. The molecule has 1 aliphatic heterocycles. The van der Waals surface area contributed by atoms with Gasteiger partial charge < -0.3 is 8.85 Å². The Balaban J connectivity index is 2.20. The van der Waals surface area contributed by atoms with Crippen molar-refractivity contribution in [3.05, 3.63) is 0 Å². The first-order valence-electron chi connectivity index (χ1n) is 4.44. The van der Waals surface area contributed by atoms with Crippen LogP contribution in [-0.4, -0.2) is 29.3 Å². The standard InChI is InChI=1S/C7H17NO3Si/c1-3-9-12-10-5-4-7(2)6-8-11-12/h7-8,12H,3-6H2,1-2H3. The van der Waals surface area contributed by atoms with E-state index in [4.69, 9.17) is 13.4 Å². The van der Waals surface area contributed by atoms with Crippen LogP contribution in [0.2, 0.25) is 0 Å². The average molecular weight is 191 g/mol. The Bertz CT molecular complexity index is 115. The van der Waals surface area contributed by atoms with Crippen molar-refractivity contribution in [2.24, 2.45) is 5.92 Å². The zero-order valence-corrected chi connectivity index (χ0v) is 8.86. The van der Waals surface area contributed by atoms with Crippen molar-refractivity contribution < 1.29 is 13.4 Å².